The highest BCUT2D eigenvalue weighted by molar-refractivity contribution is 6.32. The second-order valence-electron chi connectivity index (χ2n) is 6.63. The van der Waals surface area contributed by atoms with Gasteiger partial charge in [0.2, 0.25) is 0 Å². The zero-order valence-electron chi connectivity index (χ0n) is 17.4. The van der Waals surface area contributed by atoms with Crippen molar-refractivity contribution in [3.05, 3.63) is 65.2 Å². The molecule has 2 N–H and O–H groups in total. The van der Waals surface area contributed by atoms with E-state index in [4.69, 9.17) is 25.8 Å². The average molecular weight is 443 g/mol. The van der Waals surface area contributed by atoms with Crippen LogP contribution in [-0.2, 0) is 4.79 Å². The van der Waals surface area contributed by atoms with Gasteiger partial charge in [-0.25, -0.2) is 0 Å². The van der Waals surface area contributed by atoms with Gasteiger partial charge in [-0.15, -0.1) is 0 Å². The van der Waals surface area contributed by atoms with E-state index in [2.05, 4.69) is 10.9 Å². The normalized spacial score (nSPS) is 11.5. The van der Waals surface area contributed by atoms with E-state index in [1.165, 1.54) is 19.2 Å². The molecule has 162 valence electrons. The molecule has 3 rings (SSSR count). The van der Waals surface area contributed by atoms with Gasteiger partial charge in [0.05, 0.1) is 18.7 Å². The number of carbonyl (C=O) groups excluding carboxylic acids is 2. The molecule has 31 heavy (non-hydrogen) atoms. The Morgan fingerprint density at radius 2 is 1.77 bits per heavy atom. The van der Waals surface area contributed by atoms with Crippen LogP contribution in [0.2, 0.25) is 5.02 Å². The molecule has 0 aliphatic heterocycles. The van der Waals surface area contributed by atoms with Gasteiger partial charge in [0.1, 0.15) is 5.75 Å². The summed E-state index contributed by atoms with van der Waals surface area (Å²) >= 11 is 6.19. The Labute approximate surface area is 185 Å². The zero-order chi connectivity index (χ0) is 22.4. The van der Waals surface area contributed by atoms with Crippen molar-refractivity contribution in [2.75, 3.05) is 13.7 Å². The predicted octanol–water partition coefficient (Wildman–Crippen LogP) is 4.13. The molecule has 0 aromatic heterocycles. The van der Waals surface area contributed by atoms with Crippen LogP contribution in [0.1, 0.15) is 24.2 Å². The van der Waals surface area contributed by atoms with Crippen LogP contribution >= 0.6 is 11.6 Å². The lowest BCUT2D eigenvalue weighted by Gasteiger charge is -2.16. The fraction of sp³-hybridized carbons (Fsp3) is 0.217. The summed E-state index contributed by atoms with van der Waals surface area (Å²) in [6, 6.07) is 16.3. The topological polar surface area (TPSA) is 85.9 Å². The SMILES string of the molecule is CCOc1c(Cl)cc(C(=O)NNC(=O)C(C)Oc2ccc3ccccc3c2)cc1OC. The molecule has 0 heterocycles. The second-order valence-corrected chi connectivity index (χ2v) is 7.04. The van der Waals surface area contributed by atoms with Crippen LogP contribution in [-0.4, -0.2) is 31.6 Å². The smallest absolute Gasteiger partial charge is 0.279 e. The van der Waals surface area contributed by atoms with Gasteiger partial charge in [-0.05, 0) is 48.9 Å². The van der Waals surface area contributed by atoms with Crippen molar-refractivity contribution < 1.29 is 23.8 Å². The van der Waals surface area contributed by atoms with Gasteiger partial charge in [-0.1, -0.05) is 41.9 Å². The number of hydrogen-bond donors (Lipinski definition) is 2. The van der Waals surface area contributed by atoms with Crippen LogP contribution in [0.3, 0.4) is 0 Å². The van der Waals surface area contributed by atoms with E-state index in [0.717, 1.165) is 10.8 Å². The number of rotatable bonds is 7. The van der Waals surface area contributed by atoms with Crippen LogP contribution in [0.15, 0.2) is 54.6 Å². The maximum Gasteiger partial charge on any atom is 0.279 e. The third-order valence-electron chi connectivity index (χ3n) is 4.48. The van der Waals surface area contributed by atoms with Crippen LogP contribution in [0.25, 0.3) is 10.8 Å². The third kappa shape index (κ3) is 5.38. The highest BCUT2D eigenvalue weighted by Crippen LogP contribution is 2.36. The minimum atomic E-state index is -0.833. The summed E-state index contributed by atoms with van der Waals surface area (Å²) < 4.78 is 16.4. The second kappa shape index (κ2) is 10.0. The van der Waals surface area contributed by atoms with E-state index in [1.54, 1.807) is 13.0 Å². The Balaban J connectivity index is 1.61. The molecule has 0 bridgehead atoms. The largest absolute Gasteiger partial charge is 0.493 e. The van der Waals surface area contributed by atoms with Crippen molar-refractivity contribution in [3.8, 4) is 17.2 Å². The number of hydrazine groups is 1. The van der Waals surface area contributed by atoms with Gasteiger partial charge in [0, 0.05) is 5.56 Å². The molecule has 1 unspecified atom stereocenters. The number of nitrogens with one attached hydrogen (secondary N) is 2. The lowest BCUT2D eigenvalue weighted by Crippen LogP contribution is -2.47. The van der Waals surface area contributed by atoms with Crippen LogP contribution in [0.4, 0.5) is 0 Å². The van der Waals surface area contributed by atoms with Crippen molar-refractivity contribution >= 4 is 34.2 Å². The number of methoxy groups -OCH3 is 1. The first-order valence-corrected chi connectivity index (χ1v) is 10.1. The Kier molecular flexibility index (Phi) is 7.20. The molecule has 0 fully saturated rings. The van der Waals surface area contributed by atoms with E-state index in [0.29, 0.717) is 23.9 Å². The first-order valence-electron chi connectivity index (χ1n) is 9.69. The van der Waals surface area contributed by atoms with E-state index in [9.17, 15) is 9.59 Å². The first-order chi connectivity index (χ1) is 14.9. The molecule has 0 saturated heterocycles. The predicted molar refractivity (Wildman–Crippen MR) is 119 cm³/mol. The van der Waals surface area contributed by atoms with Crippen LogP contribution < -0.4 is 25.1 Å². The third-order valence-corrected chi connectivity index (χ3v) is 4.76. The number of halogens is 1. The summed E-state index contributed by atoms with van der Waals surface area (Å²) in [6.07, 6.45) is -0.833. The number of fused-ring (bicyclic) bond motifs is 1. The van der Waals surface area contributed by atoms with Crippen molar-refractivity contribution in [2.24, 2.45) is 0 Å². The van der Waals surface area contributed by atoms with E-state index in [-0.39, 0.29) is 10.6 Å². The van der Waals surface area contributed by atoms with Gasteiger partial charge < -0.3 is 14.2 Å². The Morgan fingerprint density at radius 3 is 2.48 bits per heavy atom. The summed E-state index contributed by atoms with van der Waals surface area (Å²) in [7, 11) is 1.45. The lowest BCUT2D eigenvalue weighted by atomic mass is 10.1. The van der Waals surface area contributed by atoms with Gasteiger partial charge in [-0.2, -0.15) is 0 Å². The number of amides is 2. The van der Waals surface area contributed by atoms with Gasteiger partial charge in [0.25, 0.3) is 11.8 Å². The highest BCUT2D eigenvalue weighted by atomic mass is 35.5. The quantitative estimate of drug-likeness (QED) is 0.537. The molecule has 8 heteroatoms. The standard InChI is InChI=1S/C23H23ClN2O5/c1-4-30-21-19(24)12-17(13-20(21)29-3)23(28)26-25-22(27)14(2)31-18-10-9-15-7-5-6-8-16(15)11-18/h5-14H,4H2,1-3H3,(H,25,27)(H,26,28). The number of ether oxygens (including phenoxy) is 3. The molecule has 7 nitrogen and oxygen atoms in total. The molecule has 3 aromatic carbocycles. The summed E-state index contributed by atoms with van der Waals surface area (Å²) in [4.78, 5) is 24.8. The fourth-order valence-electron chi connectivity index (χ4n) is 2.93. The molecule has 0 aliphatic rings. The summed E-state index contributed by atoms with van der Waals surface area (Å²) in [6.45, 7) is 3.80. The maximum absolute atomic E-state index is 12.4. The summed E-state index contributed by atoms with van der Waals surface area (Å²) in [5.74, 6) is 0.152. The monoisotopic (exact) mass is 442 g/mol. The molecule has 0 saturated carbocycles. The van der Waals surface area contributed by atoms with Gasteiger partial charge in [-0.3, -0.25) is 20.4 Å². The maximum atomic E-state index is 12.4. The van der Waals surface area contributed by atoms with Crippen molar-refractivity contribution in [1.29, 1.82) is 0 Å². The van der Waals surface area contributed by atoms with E-state index < -0.39 is 17.9 Å². The summed E-state index contributed by atoms with van der Waals surface area (Å²) in [5, 5.41) is 2.30. The number of carbonyl (C=O) groups is 2. The molecule has 0 spiro atoms. The van der Waals surface area contributed by atoms with Gasteiger partial charge >= 0.3 is 0 Å². The van der Waals surface area contributed by atoms with Crippen molar-refractivity contribution in [2.45, 2.75) is 20.0 Å². The minimum Gasteiger partial charge on any atom is -0.493 e. The first kappa shape index (κ1) is 22.2. The molecule has 3 aromatic rings. The number of hydrogen-bond acceptors (Lipinski definition) is 5. The molecule has 0 radical (unpaired) electrons. The minimum absolute atomic E-state index is 0.203. The van der Waals surface area contributed by atoms with Gasteiger partial charge in [0.15, 0.2) is 17.6 Å². The molecule has 2 amide bonds. The summed E-state index contributed by atoms with van der Waals surface area (Å²) in [5.41, 5.74) is 4.91. The molecule has 0 aliphatic carbocycles. The van der Waals surface area contributed by atoms with E-state index >= 15 is 0 Å². The van der Waals surface area contributed by atoms with E-state index in [1.807, 2.05) is 43.3 Å². The van der Waals surface area contributed by atoms with Crippen molar-refractivity contribution in [3.63, 3.8) is 0 Å². The number of benzene rings is 3. The highest BCUT2D eigenvalue weighted by Gasteiger charge is 2.19. The lowest BCUT2D eigenvalue weighted by molar-refractivity contribution is -0.128. The average Bonchev–Trinajstić information content (AvgIpc) is 2.78. The Morgan fingerprint density at radius 1 is 1.03 bits per heavy atom. The zero-order valence-corrected chi connectivity index (χ0v) is 18.2. The molecular formula is C23H23ClN2O5. The molecular weight excluding hydrogens is 420 g/mol. The van der Waals surface area contributed by atoms with Crippen LogP contribution in [0.5, 0.6) is 17.2 Å². The van der Waals surface area contributed by atoms with Crippen molar-refractivity contribution in [1.82, 2.24) is 10.9 Å². The fourth-order valence-corrected chi connectivity index (χ4v) is 3.19. The Bertz CT molecular complexity index is 1100. The van der Waals surface area contributed by atoms with Crippen LogP contribution in [0, 0.1) is 0 Å². The molecule has 1 atom stereocenters. The Hall–Kier alpha value is -3.45.